The molecule has 2 N–H and O–H groups in total. The molecule has 3 rings (SSSR count). The van der Waals surface area contributed by atoms with Crippen LogP contribution in [0.1, 0.15) is 16.8 Å². The number of nitrogens with one attached hydrogen (secondary N) is 2. The number of hydrazone groups is 1. The van der Waals surface area contributed by atoms with E-state index < -0.39 is 15.0 Å². The molecule has 0 spiro atoms. The molecule has 0 aliphatic rings. The van der Waals surface area contributed by atoms with E-state index in [9.17, 15) is 23.3 Å². The quantitative estimate of drug-likeness (QED) is 0.216. The van der Waals surface area contributed by atoms with Gasteiger partial charge in [-0.15, -0.1) is 0 Å². The van der Waals surface area contributed by atoms with Gasteiger partial charge in [0.15, 0.2) is 11.5 Å². The lowest BCUT2D eigenvalue weighted by atomic mass is 10.2. The number of H-pyrrole nitrogens is 1. The zero-order valence-corrected chi connectivity index (χ0v) is 18.5. The van der Waals surface area contributed by atoms with Crippen LogP contribution < -0.4 is 19.9 Å². The van der Waals surface area contributed by atoms with Crippen LogP contribution in [0.15, 0.2) is 57.3 Å². The lowest BCUT2D eigenvalue weighted by Crippen LogP contribution is -2.11. The number of benzene rings is 2. The van der Waals surface area contributed by atoms with Crippen molar-refractivity contribution < 1.29 is 22.3 Å². The van der Waals surface area contributed by atoms with Crippen molar-refractivity contribution in [1.82, 2.24) is 9.97 Å². The number of nitro benzene ring substituents is 1. The van der Waals surface area contributed by atoms with Crippen LogP contribution in [0.5, 0.6) is 11.5 Å². The Balaban J connectivity index is 1.81. The third-order valence-electron chi connectivity index (χ3n) is 4.31. The van der Waals surface area contributed by atoms with Gasteiger partial charge in [-0.1, -0.05) is 6.07 Å². The van der Waals surface area contributed by atoms with Crippen LogP contribution >= 0.6 is 0 Å². The van der Waals surface area contributed by atoms with Gasteiger partial charge in [0.05, 0.1) is 18.2 Å². The molecule has 2 aromatic carbocycles. The number of rotatable bonds is 8. The van der Waals surface area contributed by atoms with Crippen molar-refractivity contribution in [3.8, 4) is 11.5 Å². The maximum absolute atomic E-state index is 12.7. The van der Waals surface area contributed by atoms with Crippen molar-refractivity contribution in [3.63, 3.8) is 0 Å². The molecule has 0 unspecified atom stereocenters. The standard InChI is InChI=1S/C20H19N5O7S/c1-12-4-6-15(10-16(12)25(27)28)33(29,30)32-17-7-5-14(9-18(17)31-3)11-21-24-20-22-13(2)8-19(26)23-20/h4-11H,1-3H3,(H2,22,23,24,26)/b21-11+. The Morgan fingerprint density at radius 3 is 2.58 bits per heavy atom. The smallest absolute Gasteiger partial charge is 0.339 e. The molecule has 12 nitrogen and oxygen atoms in total. The van der Waals surface area contributed by atoms with Crippen LogP contribution in [0.3, 0.4) is 0 Å². The molecule has 13 heteroatoms. The molecule has 3 aromatic rings. The Labute approximate surface area is 188 Å². The molecular formula is C20H19N5O7S. The molecule has 1 heterocycles. The fourth-order valence-corrected chi connectivity index (χ4v) is 3.70. The summed E-state index contributed by atoms with van der Waals surface area (Å²) in [6, 6.07) is 9.17. The number of nitrogens with zero attached hydrogens (tertiary/aromatic N) is 3. The van der Waals surface area contributed by atoms with Crippen molar-refractivity contribution in [2.24, 2.45) is 5.10 Å². The Morgan fingerprint density at radius 2 is 1.91 bits per heavy atom. The normalized spacial score (nSPS) is 11.4. The van der Waals surface area contributed by atoms with Gasteiger partial charge in [0.2, 0.25) is 5.95 Å². The average Bonchev–Trinajstić information content (AvgIpc) is 2.73. The van der Waals surface area contributed by atoms with Gasteiger partial charge in [0.1, 0.15) is 4.90 Å². The fourth-order valence-electron chi connectivity index (χ4n) is 2.74. The van der Waals surface area contributed by atoms with Crippen LogP contribution in [-0.2, 0) is 10.1 Å². The van der Waals surface area contributed by atoms with Gasteiger partial charge >= 0.3 is 10.1 Å². The van der Waals surface area contributed by atoms with E-state index >= 15 is 0 Å². The van der Waals surface area contributed by atoms with E-state index in [4.69, 9.17) is 8.92 Å². The van der Waals surface area contributed by atoms with Gasteiger partial charge in [-0.05, 0) is 43.7 Å². The summed E-state index contributed by atoms with van der Waals surface area (Å²) in [5.74, 6) is 0.128. The average molecular weight is 473 g/mol. The number of aromatic nitrogens is 2. The summed E-state index contributed by atoms with van der Waals surface area (Å²) in [6.45, 7) is 3.16. The summed E-state index contributed by atoms with van der Waals surface area (Å²) < 4.78 is 35.7. The molecule has 0 saturated heterocycles. The number of hydrogen-bond acceptors (Lipinski definition) is 10. The first-order valence-corrected chi connectivity index (χ1v) is 10.7. The molecule has 1 aromatic heterocycles. The van der Waals surface area contributed by atoms with Crippen molar-refractivity contribution >= 4 is 28.0 Å². The minimum Gasteiger partial charge on any atom is -0.493 e. The summed E-state index contributed by atoms with van der Waals surface area (Å²) in [4.78, 5) is 28.1. The van der Waals surface area contributed by atoms with Crippen molar-refractivity contribution in [2.45, 2.75) is 18.7 Å². The molecule has 172 valence electrons. The first-order valence-electron chi connectivity index (χ1n) is 9.33. The van der Waals surface area contributed by atoms with Gasteiger partial charge in [-0.3, -0.25) is 19.9 Å². The Hall–Kier alpha value is -4.26. The lowest BCUT2D eigenvalue weighted by molar-refractivity contribution is -0.385. The molecule has 0 radical (unpaired) electrons. The van der Waals surface area contributed by atoms with Crippen LogP contribution in [0, 0.1) is 24.0 Å². The fraction of sp³-hybridized carbons (Fsp3) is 0.150. The monoisotopic (exact) mass is 473 g/mol. The highest BCUT2D eigenvalue weighted by molar-refractivity contribution is 7.87. The highest BCUT2D eigenvalue weighted by Gasteiger charge is 2.23. The Bertz CT molecular complexity index is 1400. The zero-order chi connectivity index (χ0) is 24.2. The van der Waals surface area contributed by atoms with Crippen LogP contribution in [0.2, 0.25) is 0 Å². The number of hydrogen-bond donors (Lipinski definition) is 2. The molecule has 0 fully saturated rings. The maximum Gasteiger partial charge on any atom is 0.339 e. The number of aromatic amines is 1. The lowest BCUT2D eigenvalue weighted by Gasteiger charge is -2.11. The van der Waals surface area contributed by atoms with Gasteiger partial charge in [0, 0.05) is 23.4 Å². The second-order valence-electron chi connectivity index (χ2n) is 6.76. The molecule has 0 amide bonds. The van der Waals surface area contributed by atoms with Crippen LogP contribution in [0.25, 0.3) is 0 Å². The minimum absolute atomic E-state index is 0.0891. The molecule has 0 aliphatic carbocycles. The number of methoxy groups -OCH3 is 1. The second kappa shape index (κ2) is 9.48. The zero-order valence-electron chi connectivity index (χ0n) is 17.7. The third-order valence-corrected chi connectivity index (χ3v) is 5.54. The molecule has 0 atom stereocenters. The van der Waals surface area contributed by atoms with E-state index in [0.717, 1.165) is 6.07 Å². The third kappa shape index (κ3) is 5.71. The van der Waals surface area contributed by atoms with E-state index in [-0.39, 0.29) is 33.6 Å². The molecule has 0 bridgehead atoms. The van der Waals surface area contributed by atoms with Crippen molar-refractivity contribution in [2.75, 3.05) is 12.5 Å². The topological polar surface area (TPSA) is 166 Å². The Kier molecular flexibility index (Phi) is 6.72. The van der Waals surface area contributed by atoms with Gasteiger partial charge < -0.3 is 8.92 Å². The highest BCUT2D eigenvalue weighted by Crippen LogP contribution is 2.31. The molecule has 0 saturated carbocycles. The summed E-state index contributed by atoms with van der Waals surface area (Å²) in [5, 5.41) is 15.1. The largest absolute Gasteiger partial charge is 0.493 e. The van der Waals surface area contributed by atoms with Gasteiger partial charge in [-0.25, -0.2) is 10.4 Å². The summed E-state index contributed by atoms with van der Waals surface area (Å²) in [6.07, 6.45) is 1.40. The van der Waals surface area contributed by atoms with Gasteiger partial charge in [0.25, 0.3) is 11.2 Å². The highest BCUT2D eigenvalue weighted by atomic mass is 32.2. The van der Waals surface area contributed by atoms with Crippen LogP contribution in [0.4, 0.5) is 11.6 Å². The van der Waals surface area contributed by atoms with E-state index in [2.05, 4.69) is 20.5 Å². The van der Waals surface area contributed by atoms with E-state index in [0.29, 0.717) is 16.8 Å². The van der Waals surface area contributed by atoms with Crippen LogP contribution in [-0.4, -0.2) is 36.6 Å². The van der Waals surface area contributed by atoms with E-state index in [1.54, 1.807) is 6.92 Å². The predicted molar refractivity (Wildman–Crippen MR) is 119 cm³/mol. The maximum atomic E-state index is 12.7. The first-order chi connectivity index (χ1) is 15.6. The number of ether oxygens (including phenoxy) is 1. The molecular weight excluding hydrogens is 454 g/mol. The minimum atomic E-state index is -4.37. The van der Waals surface area contributed by atoms with E-state index in [1.807, 2.05) is 0 Å². The van der Waals surface area contributed by atoms with Crippen molar-refractivity contribution in [3.05, 3.63) is 79.8 Å². The molecule has 0 aliphatic heterocycles. The Morgan fingerprint density at radius 1 is 1.15 bits per heavy atom. The summed E-state index contributed by atoms with van der Waals surface area (Å²) >= 11 is 0. The number of anilines is 1. The van der Waals surface area contributed by atoms with Gasteiger partial charge in [-0.2, -0.15) is 13.5 Å². The molecule has 33 heavy (non-hydrogen) atoms. The predicted octanol–water partition coefficient (Wildman–Crippen LogP) is 2.52. The summed E-state index contributed by atoms with van der Waals surface area (Å²) in [5.41, 5.74) is 3.27. The second-order valence-corrected chi connectivity index (χ2v) is 8.30. The first kappa shape index (κ1) is 23.4. The van der Waals surface area contributed by atoms with Crippen molar-refractivity contribution in [1.29, 1.82) is 0 Å². The SMILES string of the molecule is COc1cc(/C=N/Nc2nc(C)cc(=O)[nH]2)ccc1OS(=O)(=O)c1ccc(C)c([N+](=O)[O-])c1. The number of nitro groups is 1. The number of aryl methyl sites for hydroxylation is 2. The van der Waals surface area contributed by atoms with E-state index in [1.165, 1.54) is 56.6 Å². The summed E-state index contributed by atoms with van der Waals surface area (Å²) in [7, 11) is -3.04.